The quantitative estimate of drug-likeness (QED) is 0.853. The van der Waals surface area contributed by atoms with E-state index in [1.54, 1.807) is 0 Å². The zero-order chi connectivity index (χ0) is 10.8. The van der Waals surface area contributed by atoms with Crippen LogP contribution in [0.2, 0.25) is 0 Å². The van der Waals surface area contributed by atoms with E-state index in [4.69, 9.17) is 5.73 Å². The van der Waals surface area contributed by atoms with Crippen LogP contribution < -0.4 is 5.73 Å². The predicted octanol–water partition coefficient (Wildman–Crippen LogP) is 1.80. The fraction of sp³-hybridized carbons (Fsp3) is 0.727. The molecule has 2 rings (SSSR count). The topological polar surface area (TPSA) is 42.2 Å². The Morgan fingerprint density at radius 1 is 1.67 bits per heavy atom. The first-order valence-corrected chi connectivity index (χ1v) is 6.39. The first-order chi connectivity index (χ1) is 7.15. The Balaban J connectivity index is 1.93. The van der Waals surface area contributed by atoms with Gasteiger partial charge >= 0.3 is 0 Å². The lowest BCUT2D eigenvalue weighted by molar-refractivity contribution is 0.326. The summed E-state index contributed by atoms with van der Waals surface area (Å²) in [7, 11) is 0. The summed E-state index contributed by atoms with van der Waals surface area (Å²) in [6, 6.07) is 0.370. The molecule has 15 heavy (non-hydrogen) atoms. The summed E-state index contributed by atoms with van der Waals surface area (Å²) < 4.78 is 0. The first kappa shape index (κ1) is 11.0. The van der Waals surface area contributed by atoms with Gasteiger partial charge in [-0.1, -0.05) is 13.8 Å². The van der Waals surface area contributed by atoms with E-state index in [2.05, 4.69) is 23.7 Å². The number of rotatable bonds is 3. The molecule has 1 aliphatic heterocycles. The molecule has 0 spiro atoms. The molecular weight excluding hydrogens is 206 g/mol. The van der Waals surface area contributed by atoms with Gasteiger partial charge in [0.25, 0.3) is 0 Å². The third-order valence-corrected chi connectivity index (χ3v) is 4.09. The SMILES string of the molecule is CC(C)c1cnc(CN2CC[C@H](N)C2)s1. The molecule has 1 fully saturated rings. The van der Waals surface area contributed by atoms with Crippen molar-refractivity contribution in [2.45, 2.75) is 38.8 Å². The zero-order valence-corrected chi connectivity index (χ0v) is 10.3. The Hall–Kier alpha value is -0.450. The van der Waals surface area contributed by atoms with E-state index in [-0.39, 0.29) is 0 Å². The Morgan fingerprint density at radius 2 is 2.47 bits per heavy atom. The average Bonchev–Trinajstić information content (AvgIpc) is 2.76. The van der Waals surface area contributed by atoms with Gasteiger partial charge in [-0.05, 0) is 12.3 Å². The zero-order valence-electron chi connectivity index (χ0n) is 9.44. The number of likely N-dealkylation sites (tertiary alicyclic amines) is 1. The van der Waals surface area contributed by atoms with E-state index in [9.17, 15) is 0 Å². The van der Waals surface area contributed by atoms with Crippen LogP contribution in [0.3, 0.4) is 0 Å². The Morgan fingerprint density at radius 3 is 3.00 bits per heavy atom. The van der Waals surface area contributed by atoms with Crippen molar-refractivity contribution in [3.8, 4) is 0 Å². The first-order valence-electron chi connectivity index (χ1n) is 5.57. The Kier molecular flexibility index (Phi) is 3.38. The average molecular weight is 225 g/mol. The summed E-state index contributed by atoms with van der Waals surface area (Å²) in [6.45, 7) is 7.55. The van der Waals surface area contributed by atoms with Gasteiger partial charge in [0.2, 0.25) is 0 Å². The van der Waals surface area contributed by atoms with Crippen LogP contribution in [-0.4, -0.2) is 29.0 Å². The number of aromatic nitrogens is 1. The van der Waals surface area contributed by atoms with Gasteiger partial charge in [0.1, 0.15) is 5.01 Å². The number of hydrogen-bond donors (Lipinski definition) is 1. The largest absolute Gasteiger partial charge is 0.326 e. The number of thiazole rings is 1. The van der Waals surface area contributed by atoms with Crippen LogP contribution in [0, 0.1) is 0 Å². The summed E-state index contributed by atoms with van der Waals surface area (Å²) in [6.07, 6.45) is 3.14. The molecule has 0 radical (unpaired) electrons. The normalized spacial score (nSPS) is 22.8. The molecular formula is C11H19N3S. The summed E-state index contributed by atoms with van der Waals surface area (Å²) in [5, 5.41) is 1.23. The van der Waals surface area contributed by atoms with Gasteiger partial charge in [-0.2, -0.15) is 0 Å². The van der Waals surface area contributed by atoms with Crippen molar-refractivity contribution in [2.75, 3.05) is 13.1 Å². The summed E-state index contributed by atoms with van der Waals surface area (Å²) in [4.78, 5) is 8.24. The minimum Gasteiger partial charge on any atom is -0.326 e. The van der Waals surface area contributed by atoms with Crippen LogP contribution >= 0.6 is 11.3 Å². The van der Waals surface area contributed by atoms with E-state index in [0.717, 1.165) is 26.1 Å². The third kappa shape index (κ3) is 2.77. The van der Waals surface area contributed by atoms with Gasteiger partial charge in [0.05, 0.1) is 6.54 Å². The van der Waals surface area contributed by atoms with Crippen molar-refractivity contribution in [3.05, 3.63) is 16.1 Å². The second-order valence-corrected chi connectivity index (χ2v) is 5.74. The smallest absolute Gasteiger partial charge is 0.107 e. The highest BCUT2D eigenvalue weighted by atomic mass is 32.1. The van der Waals surface area contributed by atoms with Gasteiger partial charge < -0.3 is 5.73 Å². The third-order valence-electron chi connectivity index (χ3n) is 2.81. The van der Waals surface area contributed by atoms with Crippen molar-refractivity contribution in [1.82, 2.24) is 9.88 Å². The maximum atomic E-state index is 5.87. The highest BCUT2D eigenvalue weighted by molar-refractivity contribution is 7.11. The maximum absolute atomic E-state index is 5.87. The van der Waals surface area contributed by atoms with Crippen molar-refractivity contribution in [2.24, 2.45) is 5.73 Å². The van der Waals surface area contributed by atoms with Crippen molar-refractivity contribution >= 4 is 11.3 Å². The highest BCUT2D eigenvalue weighted by Crippen LogP contribution is 2.23. The molecule has 0 aromatic carbocycles. The molecule has 0 amide bonds. The molecule has 1 aromatic rings. The van der Waals surface area contributed by atoms with Crippen LogP contribution in [0.4, 0.5) is 0 Å². The molecule has 0 aliphatic carbocycles. The molecule has 1 aliphatic rings. The second-order valence-electron chi connectivity index (χ2n) is 4.59. The fourth-order valence-corrected chi connectivity index (χ4v) is 2.83. The molecule has 1 saturated heterocycles. The van der Waals surface area contributed by atoms with Gasteiger partial charge in [-0.3, -0.25) is 4.90 Å². The maximum Gasteiger partial charge on any atom is 0.107 e. The molecule has 0 unspecified atom stereocenters. The van der Waals surface area contributed by atoms with Crippen molar-refractivity contribution < 1.29 is 0 Å². The lowest BCUT2D eigenvalue weighted by Gasteiger charge is -2.12. The van der Waals surface area contributed by atoms with E-state index < -0.39 is 0 Å². The Bertz CT molecular complexity index is 321. The predicted molar refractivity (Wildman–Crippen MR) is 64.1 cm³/mol. The molecule has 0 bridgehead atoms. The molecule has 1 aromatic heterocycles. The molecule has 0 saturated carbocycles. The number of hydrogen-bond acceptors (Lipinski definition) is 4. The molecule has 2 N–H and O–H groups in total. The molecule has 4 heteroatoms. The minimum absolute atomic E-state index is 0.370. The van der Waals surface area contributed by atoms with Gasteiger partial charge in [-0.15, -0.1) is 11.3 Å². The van der Waals surface area contributed by atoms with E-state index >= 15 is 0 Å². The van der Waals surface area contributed by atoms with Crippen LogP contribution in [0.1, 0.15) is 36.1 Å². The van der Waals surface area contributed by atoms with Gasteiger partial charge in [-0.25, -0.2) is 4.98 Å². The molecule has 1 atom stereocenters. The van der Waals surface area contributed by atoms with Crippen LogP contribution in [0.5, 0.6) is 0 Å². The van der Waals surface area contributed by atoms with Crippen molar-refractivity contribution in [3.63, 3.8) is 0 Å². The fourth-order valence-electron chi connectivity index (χ4n) is 1.86. The van der Waals surface area contributed by atoms with Gasteiger partial charge in [0.15, 0.2) is 0 Å². The molecule has 3 nitrogen and oxygen atoms in total. The van der Waals surface area contributed by atoms with E-state index in [0.29, 0.717) is 12.0 Å². The summed E-state index contributed by atoms with van der Waals surface area (Å²) >= 11 is 1.84. The second kappa shape index (κ2) is 4.60. The highest BCUT2D eigenvalue weighted by Gasteiger charge is 2.20. The van der Waals surface area contributed by atoms with Crippen LogP contribution in [-0.2, 0) is 6.54 Å². The summed E-state index contributed by atoms with van der Waals surface area (Å²) in [5.41, 5.74) is 5.87. The standard InChI is InChI=1S/C11H19N3S/c1-8(2)10-5-13-11(15-10)7-14-4-3-9(12)6-14/h5,8-9H,3-4,6-7,12H2,1-2H3/t9-/m0/s1. The van der Waals surface area contributed by atoms with Crippen molar-refractivity contribution in [1.29, 1.82) is 0 Å². The van der Waals surface area contributed by atoms with E-state index in [1.807, 2.05) is 17.5 Å². The lowest BCUT2D eigenvalue weighted by Crippen LogP contribution is -2.26. The number of nitrogens with two attached hydrogens (primary N) is 1. The van der Waals surface area contributed by atoms with Crippen LogP contribution in [0.25, 0.3) is 0 Å². The minimum atomic E-state index is 0.370. The lowest BCUT2D eigenvalue weighted by atomic mass is 10.2. The monoisotopic (exact) mass is 225 g/mol. The van der Waals surface area contributed by atoms with Gasteiger partial charge in [0, 0.05) is 30.2 Å². The summed E-state index contributed by atoms with van der Waals surface area (Å²) in [5.74, 6) is 0.595. The van der Waals surface area contributed by atoms with E-state index in [1.165, 1.54) is 9.88 Å². The number of nitrogens with zero attached hydrogens (tertiary/aromatic N) is 2. The molecule has 2 heterocycles. The molecule has 84 valence electrons. The van der Waals surface area contributed by atoms with Crippen LogP contribution in [0.15, 0.2) is 6.20 Å². The Labute approximate surface area is 95.3 Å².